The Balaban J connectivity index is 2.27. The summed E-state index contributed by atoms with van der Waals surface area (Å²) in [7, 11) is 0. The highest BCUT2D eigenvalue weighted by molar-refractivity contribution is 7.17. The average molecular weight is 220 g/mol. The van der Waals surface area contributed by atoms with E-state index in [0.717, 1.165) is 16.5 Å². The van der Waals surface area contributed by atoms with Crippen LogP contribution in [0.4, 0.5) is 5.82 Å². The number of carbonyl (C=O) groups is 1. The van der Waals surface area contributed by atoms with Crippen LogP contribution in [0.15, 0.2) is 23.7 Å². The maximum atomic E-state index is 11.4. The van der Waals surface area contributed by atoms with E-state index in [1.165, 1.54) is 0 Å². The molecule has 0 radical (unpaired) electrons. The highest BCUT2D eigenvalue weighted by Crippen LogP contribution is 2.25. The minimum Gasteiger partial charge on any atom is -0.310 e. The Labute approximate surface area is 92.1 Å². The fourth-order valence-corrected chi connectivity index (χ4v) is 2.20. The summed E-state index contributed by atoms with van der Waals surface area (Å²) in [5, 5.41) is 5.85. The molecule has 0 aromatic carbocycles. The number of fused-ring (bicyclic) bond motifs is 1. The Kier molecular flexibility index (Phi) is 2.97. The van der Waals surface area contributed by atoms with Crippen molar-refractivity contribution in [3.05, 3.63) is 23.7 Å². The van der Waals surface area contributed by atoms with Crippen LogP contribution in [0.1, 0.15) is 19.8 Å². The van der Waals surface area contributed by atoms with Crippen molar-refractivity contribution < 1.29 is 4.79 Å². The summed E-state index contributed by atoms with van der Waals surface area (Å²) >= 11 is 1.65. The maximum absolute atomic E-state index is 11.4. The number of hydrogen-bond acceptors (Lipinski definition) is 3. The molecule has 4 heteroatoms. The lowest BCUT2D eigenvalue weighted by atomic mass is 10.3. The van der Waals surface area contributed by atoms with E-state index in [1.54, 1.807) is 17.5 Å². The van der Waals surface area contributed by atoms with Gasteiger partial charge in [-0.15, -0.1) is 11.3 Å². The van der Waals surface area contributed by atoms with Gasteiger partial charge in [-0.05, 0) is 23.9 Å². The highest BCUT2D eigenvalue weighted by Gasteiger charge is 2.06. The third-order valence-corrected chi connectivity index (χ3v) is 3.00. The molecule has 0 aliphatic rings. The van der Waals surface area contributed by atoms with Gasteiger partial charge < -0.3 is 5.32 Å². The lowest BCUT2D eigenvalue weighted by molar-refractivity contribution is -0.116. The molecule has 0 aliphatic heterocycles. The molecule has 1 amide bonds. The van der Waals surface area contributed by atoms with Crippen molar-refractivity contribution in [1.82, 2.24) is 4.98 Å². The Morgan fingerprint density at radius 3 is 3.20 bits per heavy atom. The highest BCUT2D eigenvalue weighted by atomic mass is 32.1. The van der Waals surface area contributed by atoms with Crippen molar-refractivity contribution in [2.24, 2.45) is 0 Å². The second-order valence-corrected chi connectivity index (χ2v) is 4.24. The summed E-state index contributed by atoms with van der Waals surface area (Å²) in [6.45, 7) is 1.98. The standard InChI is InChI=1S/C11H12N2OS/c1-2-3-10(14)13-11-8-5-7-15-9(8)4-6-12-11/h4-7H,2-3H2,1H3,(H,12,13,14). The van der Waals surface area contributed by atoms with Gasteiger partial charge in [0.05, 0.1) is 0 Å². The second-order valence-electron chi connectivity index (χ2n) is 3.29. The number of carbonyl (C=O) groups excluding carboxylic acids is 1. The number of anilines is 1. The van der Waals surface area contributed by atoms with Gasteiger partial charge in [-0.1, -0.05) is 6.92 Å². The number of amides is 1. The molecular formula is C11H12N2OS. The molecule has 0 bridgehead atoms. The van der Waals surface area contributed by atoms with Crippen LogP contribution in [0.5, 0.6) is 0 Å². The molecule has 0 unspecified atom stereocenters. The molecule has 15 heavy (non-hydrogen) atoms. The predicted molar refractivity (Wildman–Crippen MR) is 63.2 cm³/mol. The van der Waals surface area contributed by atoms with Gasteiger partial charge in [-0.25, -0.2) is 4.98 Å². The van der Waals surface area contributed by atoms with E-state index in [1.807, 2.05) is 24.4 Å². The molecular weight excluding hydrogens is 208 g/mol. The first-order chi connectivity index (χ1) is 7.31. The molecule has 0 aliphatic carbocycles. The van der Waals surface area contributed by atoms with Gasteiger partial charge in [0.1, 0.15) is 5.82 Å². The van der Waals surface area contributed by atoms with Gasteiger partial charge in [-0.3, -0.25) is 4.79 Å². The van der Waals surface area contributed by atoms with E-state index in [0.29, 0.717) is 12.2 Å². The maximum Gasteiger partial charge on any atom is 0.225 e. The largest absolute Gasteiger partial charge is 0.310 e. The number of thiophene rings is 1. The minimum atomic E-state index is 0.0312. The van der Waals surface area contributed by atoms with Crippen LogP contribution in [0, 0.1) is 0 Å². The van der Waals surface area contributed by atoms with Gasteiger partial charge >= 0.3 is 0 Å². The van der Waals surface area contributed by atoms with E-state index in [-0.39, 0.29) is 5.91 Å². The molecule has 0 fully saturated rings. The summed E-state index contributed by atoms with van der Waals surface area (Å²) in [6.07, 6.45) is 3.12. The Morgan fingerprint density at radius 2 is 2.40 bits per heavy atom. The van der Waals surface area contributed by atoms with Gasteiger partial charge in [0, 0.05) is 22.7 Å². The number of nitrogens with zero attached hydrogens (tertiary/aromatic N) is 1. The second kappa shape index (κ2) is 4.40. The molecule has 0 saturated carbocycles. The van der Waals surface area contributed by atoms with E-state index in [4.69, 9.17) is 0 Å². The van der Waals surface area contributed by atoms with Crippen molar-refractivity contribution in [2.45, 2.75) is 19.8 Å². The number of aromatic nitrogens is 1. The number of pyridine rings is 1. The van der Waals surface area contributed by atoms with Crippen LogP contribution in [0.25, 0.3) is 10.1 Å². The molecule has 0 atom stereocenters. The third-order valence-electron chi connectivity index (χ3n) is 2.11. The van der Waals surface area contributed by atoms with Crippen molar-refractivity contribution in [3.8, 4) is 0 Å². The first kappa shape index (κ1) is 10.1. The minimum absolute atomic E-state index is 0.0312. The smallest absolute Gasteiger partial charge is 0.225 e. The molecule has 0 saturated heterocycles. The fraction of sp³-hybridized carbons (Fsp3) is 0.273. The summed E-state index contributed by atoms with van der Waals surface area (Å²) in [6, 6.07) is 3.93. The van der Waals surface area contributed by atoms with Crippen molar-refractivity contribution in [3.63, 3.8) is 0 Å². The Morgan fingerprint density at radius 1 is 1.53 bits per heavy atom. The van der Waals surface area contributed by atoms with E-state index < -0.39 is 0 Å². The normalized spacial score (nSPS) is 10.5. The monoisotopic (exact) mass is 220 g/mol. The molecule has 0 spiro atoms. The molecule has 2 rings (SSSR count). The van der Waals surface area contributed by atoms with E-state index in [9.17, 15) is 4.79 Å². The SMILES string of the molecule is CCCC(=O)Nc1nccc2sccc12. The summed E-state index contributed by atoms with van der Waals surface area (Å²) in [5.74, 6) is 0.705. The quantitative estimate of drug-likeness (QED) is 0.863. The van der Waals surface area contributed by atoms with Crippen molar-refractivity contribution >= 4 is 33.1 Å². The van der Waals surface area contributed by atoms with Crippen LogP contribution in [0.3, 0.4) is 0 Å². The summed E-state index contributed by atoms with van der Waals surface area (Å²) in [5.41, 5.74) is 0. The number of hydrogen-bond donors (Lipinski definition) is 1. The molecule has 2 aromatic heterocycles. The zero-order valence-corrected chi connectivity index (χ0v) is 9.30. The zero-order chi connectivity index (χ0) is 10.7. The van der Waals surface area contributed by atoms with Gasteiger partial charge in [-0.2, -0.15) is 0 Å². The predicted octanol–water partition coefficient (Wildman–Crippen LogP) is 3.03. The van der Waals surface area contributed by atoms with Gasteiger partial charge in [0.25, 0.3) is 0 Å². The van der Waals surface area contributed by atoms with Crippen LogP contribution in [-0.2, 0) is 4.79 Å². The van der Waals surface area contributed by atoms with E-state index >= 15 is 0 Å². The van der Waals surface area contributed by atoms with Gasteiger partial charge in [0.2, 0.25) is 5.91 Å². The van der Waals surface area contributed by atoms with Crippen LogP contribution < -0.4 is 5.32 Å². The van der Waals surface area contributed by atoms with Crippen molar-refractivity contribution in [2.75, 3.05) is 5.32 Å². The Hall–Kier alpha value is -1.42. The number of nitrogens with one attached hydrogen (secondary N) is 1. The first-order valence-electron chi connectivity index (χ1n) is 4.93. The molecule has 3 nitrogen and oxygen atoms in total. The topological polar surface area (TPSA) is 42.0 Å². The molecule has 78 valence electrons. The lowest BCUT2D eigenvalue weighted by Crippen LogP contribution is -2.11. The summed E-state index contributed by atoms with van der Waals surface area (Å²) < 4.78 is 1.15. The molecule has 2 heterocycles. The summed E-state index contributed by atoms with van der Waals surface area (Å²) in [4.78, 5) is 15.6. The first-order valence-corrected chi connectivity index (χ1v) is 5.81. The van der Waals surface area contributed by atoms with Crippen LogP contribution in [0.2, 0.25) is 0 Å². The molecule has 1 N–H and O–H groups in total. The average Bonchev–Trinajstić information content (AvgIpc) is 2.67. The van der Waals surface area contributed by atoms with Crippen LogP contribution >= 0.6 is 11.3 Å². The Bertz CT molecular complexity index is 478. The van der Waals surface area contributed by atoms with Crippen LogP contribution in [-0.4, -0.2) is 10.9 Å². The van der Waals surface area contributed by atoms with E-state index in [2.05, 4.69) is 10.3 Å². The van der Waals surface area contributed by atoms with Crippen molar-refractivity contribution in [1.29, 1.82) is 0 Å². The fourth-order valence-electron chi connectivity index (χ4n) is 1.42. The zero-order valence-electron chi connectivity index (χ0n) is 8.49. The lowest BCUT2D eigenvalue weighted by Gasteiger charge is -2.03. The number of rotatable bonds is 3. The third kappa shape index (κ3) is 2.15. The van der Waals surface area contributed by atoms with Gasteiger partial charge in [0.15, 0.2) is 0 Å². The molecule has 2 aromatic rings.